The van der Waals surface area contributed by atoms with Crippen LogP contribution in [0, 0.1) is 13.8 Å². The van der Waals surface area contributed by atoms with Crippen LogP contribution in [0.2, 0.25) is 5.02 Å². The molecule has 0 aliphatic heterocycles. The number of thiocarbonyl (C=S) groups is 1. The van der Waals surface area contributed by atoms with E-state index in [1.54, 1.807) is 19.2 Å². The van der Waals surface area contributed by atoms with Crippen molar-refractivity contribution in [3.05, 3.63) is 46.5 Å². The van der Waals surface area contributed by atoms with E-state index in [1.807, 2.05) is 32.0 Å². The van der Waals surface area contributed by atoms with Crippen LogP contribution < -0.4 is 20.1 Å². The van der Waals surface area contributed by atoms with Crippen molar-refractivity contribution < 1.29 is 14.3 Å². The van der Waals surface area contributed by atoms with E-state index in [4.69, 9.17) is 33.3 Å². The topological polar surface area (TPSA) is 72.5 Å². The molecule has 0 bridgehead atoms. The first kappa shape index (κ1) is 20.3. The Bertz CT molecular complexity index is 1030. The van der Waals surface area contributed by atoms with Crippen molar-refractivity contribution in [3.63, 3.8) is 0 Å². The maximum absolute atomic E-state index is 12.1. The van der Waals surface area contributed by atoms with E-state index in [1.165, 1.54) is 11.3 Å². The summed E-state index contributed by atoms with van der Waals surface area (Å²) in [6.45, 7) is 3.60. The Morgan fingerprint density at radius 3 is 2.61 bits per heavy atom. The Labute approximate surface area is 176 Å². The number of thiazole rings is 1. The van der Waals surface area contributed by atoms with E-state index in [-0.39, 0.29) is 17.6 Å². The number of nitrogens with zero attached hydrogens (tertiary/aromatic N) is 1. The van der Waals surface area contributed by atoms with Gasteiger partial charge in [-0.15, -0.1) is 0 Å². The summed E-state index contributed by atoms with van der Waals surface area (Å²) in [4.78, 5) is 16.5. The summed E-state index contributed by atoms with van der Waals surface area (Å²) >= 11 is 12.7. The van der Waals surface area contributed by atoms with Gasteiger partial charge in [0, 0.05) is 5.02 Å². The zero-order valence-electron chi connectivity index (χ0n) is 15.5. The lowest BCUT2D eigenvalue weighted by Crippen LogP contribution is -2.37. The van der Waals surface area contributed by atoms with E-state index in [0.29, 0.717) is 15.9 Å². The number of amides is 1. The van der Waals surface area contributed by atoms with E-state index in [0.717, 1.165) is 27.1 Å². The quantitative estimate of drug-likeness (QED) is 0.576. The molecule has 9 heteroatoms. The van der Waals surface area contributed by atoms with Crippen molar-refractivity contribution in [1.29, 1.82) is 0 Å². The number of nitrogens with one attached hydrogen (secondary N) is 2. The number of rotatable bonds is 5. The van der Waals surface area contributed by atoms with Crippen LogP contribution in [-0.2, 0) is 4.79 Å². The highest BCUT2D eigenvalue weighted by Gasteiger charge is 2.10. The lowest BCUT2D eigenvalue weighted by atomic mass is 10.1. The molecule has 1 amide bonds. The number of carbonyl (C=O) groups is 1. The number of halogens is 1. The molecular formula is C19H18ClN3O3S2. The number of fused-ring (bicyclic) bond motifs is 1. The van der Waals surface area contributed by atoms with Crippen molar-refractivity contribution in [1.82, 2.24) is 10.3 Å². The van der Waals surface area contributed by atoms with Crippen LogP contribution >= 0.6 is 35.2 Å². The fourth-order valence-corrected chi connectivity index (χ4v) is 3.80. The normalized spacial score (nSPS) is 10.6. The first-order valence-electron chi connectivity index (χ1n) is 8.30. The van der Waals surface area contributed by atoms with Gasteiger partial charge in [-0.1, -0.05) is 22.9 Å². The Hall–Kier alpha value is -2.42. The molecule has 0 unspecified atom stereocenters. The van der Waals surface area contributed by atoms with Gasteiger partial charge in [0.2, 0.25) is 0 Å². The van der Waals surface area contributed by atoms with Crippen molar-refractivity contribution in [2.45, 2.75) is 13.8 Å². The van der Waals surface area contributed by atoms with E-state index >= 15 is 0 Å². The number of methoxy groups -OCH3 is 1. The molecule has 0 fully saturated rings. The average molecular weight is 436 g/mol. The molecule has 3 aromatic rings. The van der Waals surface area contributed by atoms with Crippen LogP contribution in [0.25, 0.3) is 10.2 Å². The van der Waals surface area contributed by atoms with Crippen molar-refractivity contribution in [2.75, 3.05) is 19.0 Å². The van der Waals surface area contributed by atoms with Crippen LogP contribution in [0.15, 0.2) is 30.3 Å². The van der Waals surface area contributed by atoms with Gasteiger partial charge in [0.15, 0.2) is 16.9 Å². The summed E-state index contributed by atoms with van der Waals surface area (Å²) in [7, 11) is 1.61. The predicted molar refractivity (Wildman–Crippen MR) is 117 cm³/mol. The van der Waals surface area contributed by atoms with Crippen LogP contribution in [0.3, 0.4) is 0 Å². The van der Waals surface area contributed by atoms with E-state index in [2.05, 4.69) is 15.6 Å². The Morgan fingerprint density at radius 1 is 1.21 bits per heavy atom. The summed E-state index contributed by atoms with van der Waals surface area (Å²) < 4.78 is 11.7. The summed E-state index contributed by atoms with van der Waals surface area (Å²) in [5, 5.41) is 6.92. The van der Waals surface area contributed by atoms with Gasteiger partial charge >= 0.3 is 0 Å². The highest BCUT2D eigenvalue weighted by molar-refractivity contribution is 7.80. The third-order valence-corrected chi connectivity index (χ3v) is 5.58. The van der Waals surface area contributed by atoms with Gasteiger partial charge < -0.3 is 14.8 Å². The minimum Gasteiger partial charge on any atom is -0.497 e. The zero-order valence-corrected chi connectivity index (χ0v) is 17.8. The van der Waals surface area contributed by atoms with Crippen LogP contribution in [-0.4, -0.2) is 29.7 Å². The third kappa shape index (κ3) is 4.89. The third-order valence-electron chi connectivity index (χ3n) is 3.85. The number of anilines is 1. The summed E-state index contributed by atoms with van der Waals surface area (Å²) in [5.74, 6) is 0.961. The molecular weight excluding hydrogens is 418 g/mol. The molecule has 1 aromatic heterocycles. The molecule has 0 aliphatic rings. The molecule has 0 saturated carbocycles. The van der Waals surface area contributed by atoms with Crippen LogP contribution in [0.5, 0.6) is 11.5 Å². The highest BCUT2D eigenvalue weighted by atomic mass is 35.5. The van der Waals surface area contributed by atoms with Gasteiger partial charge in [0.05, 0.1) is 17.3 Å². The smallest absolute Gasteiger partial charge is 0.264 e. The molecule has 3 rings (SSSR count). The number of ether oxygens (including phenoxy) is 2. The van der Waals surface area contributed by atoms with Gasteiger partial charge in [-0.05, 0) is 67.5 Å². The molecule has 0 radical (unpaired) electrons. The number of aryl methyl sites for hydroxylation is 2. The molecule has 0 spiro atoms. The van der Waals surface area contributed by atoms with Gasteiger partial charge in [-0.25, -0.2) is 4.98 Å². The second kappa shape index (κ2) is 8.72. The van der Waals surface area contributed by atoms with Crippen molar-refractivity contribution in [2.24, 2.45) is 0 Å². The van der Waals surface area contributed by atoms with Gasteiger partial charge in [0.1, 0.15) is 11.5 Å². The lowest BCUT2D eigenvalue weighted by molar-refractivity contribution is -0.121. The minimum absolute atomic E-state index is 0.156. The number of benzene rings is 2. The summed E-state index contributed by atoms with van der Waals surface area (Å²) in [6.07, 6.45) is 0. The second-order valence-corrected chi connectivity index (χ2v) is 7.83. The largest absolute Gasteiger partial charge is 0.497 e. The SMILES string of the molecule is COc1ccc2nc(NC(=S)NC(=O)COc3cc(C)c(Cl)c(C)c3)sc2c1. The van der Waals surface area contributed by atoms with Crippen molar-refractivity contribution >= 4 is 61.5 Å². The van der Waals surface area contributed by atoms with Gasteiger partial charge in [-0.3, -0.25) is 10.1 Å². The highest BCUT2D eigenvalue weighted by Crippen LogP contribution is 2.29. The first-order chi connectivity index (χ1) is 13.4. The number of carbonyl (C=O) groups excluding carboxylic acids is 1. The molecule has 2 N–H and O–H groups in total. The van der Waals surface area contributed by atoms with Crippen LogP contribution in [0.4, 0.5) is 5.13 Å². The molecule has 0 atom stereocenters. The second-order valence-electron chi connectivity index (χ2n) is 6.01. The zero-order chi connectivity index (χ0) is 20.3. The molecule has 2 aromatic carbocycles. The predicted octanol–water partition coefficient (Wildman–Crippen LogP) is 4.47. The first-order valence-corrected chi connectivity index (χ1v) is 9.91. The maximum atomic E-state index is 12.1. The van der Waals surface area contributed by atoms with Gasteiger partial charge in [0.25, 0.3) is 5.91 Å². The average Bonchev–Trinajstić information content (AvgIpc) is 3.05. The molecule has 28 heavy (non-hydrogen) atoms. The molecule has 0 saturated heterocycles. The number of aromatic nitrogens is 1. The molecule has 0 aliphatic carbocycles. The molecule has 1 heterocycles. The van der Waals surface area contributed by atoms with Crippen molar-refractivity contribution in [3.8, 4) is 11.5 Å². The minimum atomic E-state index is -0.370. The maximum Gasteiger partial charge on any atom is 0.264 e. The van der Waals surface area contributed by atoms with Gasteiger partial charge in [-0.2, -0.15) is 0 Å². The van der Waals surface area contributed by atoms with E-state index in [9.17, 15) is 4.79 Å². The Kier molecular flexibility index (Phi) is 6.33. The summed E-state index contributed by atoms with van der Waals surface area (Å²) in [6, 6.07) is 9.16. The number of hydrogen-bond acceptors (Lipinski definition) is 6. The molecule has 6 nitrogen and oxygen atoms in total. The fourth-order valence-electron chi connectivity index (χ4n) is 2.51. The fraction of sp³-hybridized carbons (Fsp3) is 0.211. The standard InChI is InChI=1S/C19H18ClN3O3S2/c1-10-6-13(7-11(2)17(10)20)26-9-16(24)22-18(27)23-19-21-14-5-4-12(25-3)8-15(14)28-19/h4-8H,9H2,1-3H3,(H2,21,22,23,24,27). The summed E-state index contributed by atoms with van der Waals surface area (Å²) in [5.41, 5.74) is 2.60. The number of hydrogen-bond donors (Lipinski definition) is 2. The Balaban J connectivity index is 1.55. The van der Waals surface area contributed by atoms with Crippen LogP contribution in [0.1, 0.15) is 11.1 Å². The Morgan fingerprint density at radius 2 is 1.93 bits per heavy atom. The lowest BCUT2D eigenvalue weighted by Gasteiger charge is -2.11. The monoisotopic (exact) mass is 435 g/mol. The van der Waals surface area contributed by atoms with E-state index < -0.39 is 0 Å². The molecule has 146 valence electrons.